The molecule has 0 aliphatic heterocycles. The summed E-state index contributed by atoms with van der Waals surface area (Å²) >= 11 is 6.01. The van der Waals surface area contributed by atoms with Gasteiger partial charge in [0.05, 0.1) is 10.6 Å². The standard InChI is InChI=1S/C31H38ClN3O4S/c1-5-7-20-33-31(37)29(6-2)34(21-25-12-8-23(3)9-13-25)30(36)22-35(27-16-10-24(4)11-17-27)40(38,39)28-18-14-26(32)15-19-28/h8-19,29H,5-7,20-22H2,1-4H3,(H,33,37)/t29-/m1/s1. The lowest BCUT2D eigenvalue weighted by Gasteiger charge is -2.33. The van der Waals surface area contributed by atoms with Crippen molar-refractivity contribution in [1.82, 2.24) is 10.2 Å². The van der Waals surface area contributed by atoms with Crippen molar-refractivity contribution in [2.45, 2.75) is 64.4 Å². The second-order valence-corrected chi connectivity index (χ2v) is 12.2. The van der Waals surface area contributed by atoms with Gasteiger partial charge in [0, 0.05) is 18.1 Å². The molecule has 0 fully saturated rings. The van der Waals surface area contributed by atoms with E-state index in [2.05, 4.69) is 5.32 Å². The number of aryl methyl sites for hydroxylation is 2. The normalized spacial score (nSPS) is 12.0. The van der Waals surface area contributed by atoms with Crippen LogP contribution < -0.4 is 9.62 Å². The van der Waals surface area contributed by atoms with E-state index in [1.165, 1.54) is 29.2 Å². The second-order valence-electron chi connectivity index (χ2n) is 9.88. The number of hydrogen-bond donors (Lipinski definition) is 1. The molecule has 214 valence electrons. The number of nitrogens with one attached hydrogen (secondary N) is 1. The molecular weight excluding hydrogens is 546 g/mol. The number of halogens is 1. The van der Waals surface area contributed by atoms with Crippen molar-refractivity contribution < 1.29 is 18.0 Å². The molecule has 0 aliphatic rings. The average molecular weight is 584 g/mol. The number of anilines is 1. The first kappa shape index (κ1) is 31.2. The molecule has 0 heterocycles. The maximum atomic E-state index is 14.1. The van der Waals surface area contributed by atoms with Gasteiger partial charge in [-0.25, -0.2) is 8.42 Å². The van der Waals surface area contributed by atoms with E-state index in [9.17, 15) is 18.0 Å². The molecule has 0 aliphatic carbocycles. The molecule has 2 amide bonds. The number of carbonyl (C=O) groups is 2. The van der Waals surface area contributed by atoms with Crippen LogP contribution in [-0.4, -0.2) is 44.3 Å². The zero-order chi connectivity index (χ0) is 29.3. The van der Waals surface area contributed by atoms with Gasteiger partial charge in [-0.15, -0.1) is 0 Å². The van der Waals surface area contributed by atoms with Crippen LogP contribution in [0.3, 0.4) is 0 Å². The fourth-order valence-electron chi connectivity index (χ4n) is 4.29. The van der Waals surface area contributed by atoms with Gasteiger partial charge in [0.25, 0.3) is 10.0 Å². The fourth-order valence-corrected chi connectivity index (χ4v) is 5.83. The fraction of sp³-hybridized carbons (Fsp3) is 0.355. The first-order valence-electron chi connectivity index (χ1n) is 13.5. The van der Waals surface area contributed by atoms with Crippen molar-refractivity contribution in [3.05, 3.63) is 94.5 Å². The van der Waals surface area contributed by atoms with Crippen LogP contribution in [0, 0.1) is 13.8 Å². The van der Waals surface area contributed by atoms with Crippen molar-refractivity contribution in [2.75, 3.05) is 17.4 Å². The zero-order valence-corrected chi connectivity index (χ0v) is 25.1. The van der Waals surface area contributed by atoms with E-state index in [-0.39, 0.29) is 17.3 Å². The minimum absolute atomic E-state index is 0.0136. The van der Waals surface area contributed by atoms with E-state index in [4.69, 9.17) is 11.6 Å². The maximum absolute atomic E-state index is 14.1. The Hall–Kier alpha value is -3.36. The van der Waals surface area contributed by atoms with Crippen LogP contribution >= 0.6 is 11.6 Å². The van der Waals surface area contributed by atoms with Crippen molar-refractivity contribution in [2.24, 2.45) is 0 Å². The molecule has 0 saturated heterocycles. The van der Waals surface area contributed by atoms with Crippen molar-refractivity contribution in [3.8, 4) is 0 Å². The van der Waals surface area contributed by atoms with Gasteiger partial charge in [-0.3, -0.25) is 13.9 Å². The molecule has 0 bridgehead atoms. The Morgan fingerprint density at radius 2 is 1.45 bits per heavy atom. The summed E-state index contributed by atoms with van der Waals surface area (Å²) in [7, 11) is -4.13. The highest BCUT2D eigenvalue weighted by molar-refractivity contribution is 7.92. The highest BCUT2D eigenvalue weighted by Crippen LogP contribution is 2.26. The van der Waals surface area contributed by atoms with E-state index in [0.29, 0.717) is 23.7 Å². The monoisotopic (exact) mass is 583 g/mol. The number of rotatable bonds is 13. The van der Waals surface area contributed by atoms with Gasteiger partial charge in [0.1, 0.15) is 12.6 Å². The Morgan fingerprint density at radius 1 is 0.875 bits per heavy atom. The smallest absolute Gasteiger partial charge is 0.264 e. The first-order valence-corrected chi connectivity index (χ1v) is 15.4. The summed E-state index contributed by atoms with van der Waals surface area (Å²) in [6.45, 7) is 7.97. The molecule has 1 atom stereocenters. The van der Waals surface area contributed by atoms with Gasteiger partial charge in [-0.05, 0) is 68.7 Å². The van der Waals surface area contributed by atoms with Crippen LogP contribution in [0.1, 0.15) is 49.8 Å². The van der Waals surface area contributed by atoms with Crippen LogP contribution in [0.4, 0.5) is 5.69 Å². The van der Waals surface area contributed by atoms with E-state index in [1.54, 1.807) is 24.3 Å². The molecule has 3 rings (SSSR count). The Morgan fingerprint density at radius 3 is 2.00 bits per heavy atom. The van der Waals surface area contributed by atoms with Gasteiger partial charge >= 0.3 is 0 Å². The summed E-state index contributed by atoms with van der Waals surface area (Å²) in [6, 6.07) is 19.8. The predicted molar refractivity (Wildman–Crippen MR) is 161 cm³/mol. The van der Waals surface area contributed by atoms with Crippen molar-refractivity contribution in [3.63, 3.8) is 0 Å². The molecular formula is C31H38ClN3O4S. The van der Waals surface area contributed by atoms with Crippen molar-refractivity contribution in [1.29, 1.82) is 0 Å². The maximum Gasteiger partial charge on any atom is 0.264 e. The number of benzene rings is 3. The Balaban J connectivity index is 2.02. The zero-order valence-electron chi connectivity index (χ0n) is 23.6. The number of amides is 2. The van der Waals surface area contributed by atoms with E-state index in [0.717, 1.165) is 33.8 Å². The Bertz CT molecular complexity index is 1380. The molecule has 9 heteroatoms. The van der Waals surface area contributed by atoms with E-state index >= 15 is 0 Å². The highest BCUT2D eigenvalue weighted by atomic mass is 35.5. The predicted octanol–water partition coefficient (Wildman–Crippen LogP) is 5.88. The van der Waals surface area contributed by atoms with Gasteiger partial charge in [0.15, 0.2) is 0 Å². The lowest BCUT2D eigenvalue weighted by atomic mass is 10.1. The summed E-state index contributed by atoms with van der Waals surface area (Å²) in [5, 5.41) is 3.34. The molecule has 0 radical (unpaired) electrons. The Labute approximate surface area is 243 Å². The number of nitrogens with zero attached hydrogens (tertiary/aromatic N) is 2. The summed E-state index contributed by atoms with van der Waals surface area (Å²) in [6.07, 6.45) is 2.13. The SMILES string of the molecule is CCCCNC(=O)[C@@H](CC)N(Cc1ccc(C)cc1)C(=O)CN(c1ccc(C)cc1)S(=O)(=O)c1ccc(Cl)cc1. The van der Waals surface area contributed by atoms with Crippen molar-refractivity contribution >= 4 is 39.1 Å². The van der Waals surface area contributed by atoms with Crippen LogP contribution in [0.15, 0.2) is 77.7 Å². The Kier molecular flexibility index (Phi) is 11.2. The first-order chi connectivity index (χ1) is 19.1. The third kappa shape index (κ3) is 8.08. The van der Waals surface area contributed by atoms with Gasteiger partial charge in [-0.2, -0.15) is 0 Å². The summed E-state index contributed by atoms with van der Waals surface area (Å²) in [4.78, 5) is 28.8. The quantitative estimate of drug-likeness (QED) is 0.255. The topological polar surface area (TPSA) is 86.8 Å². The largest absolute Gasteiger partial charge is 0.354 e. The molecule has 3 aromatic carbocycles. The van der Waals surface area contributed by atoms with Gasteiger partial charge in [0.2, 0.25) is 11.8 Å². The molecule has 40 heavy (non-hydrogen) atoms. The highest BCUT2D eigenvalue weighted by Gasteiger charge is 2.33. The van der Waals surface area contributed by atoms with Gasteiger partial charge in [-0.1, -0.05) is 79.4 Å². The molecule has 0 aromatic heterocycles. The molecule has 0 unspecified atom stereocenters. The number of hydrogen-bond acceptors (Lipinski definition) is 4. The number of carbonyl (C=O) groups excluding carboxylic acids is 2. The minimum Gasteiger partial charge on any atom is -0.354 e. The number of unbranched alkanes of at least 4 members (excludes halogenated alkanes) is 1. The molecule has 3 aromatic rings. The molecule has 0 spiro atoms. The molecule has 1 N–H and O–H groups in total. The van der Waals surface area contributed by atoms with Crippen LogP contribution in [-0.2, 0) is 26.2 Å². The summed E-state index contributed by atoms with van der Waals surface area (Å²) in [5.74, 6) is -0.727. The lowest BCUT2D eigenvalue weighted by molar-refractivity contribution is -0.140. The number of sulfonamides is 1. The van der Waals surface area contributed by atoms with Gasteiger partial charge < -0.3 is 10.2 Å². The third-order valence-corrected chi connectivity index (χ3v) is 8.73. The summed E-state index contributed by atoms with van der Waals surface area (Å²) < 4.78 is 28.8. The van der Waals surface area contributed by atoms with E-state index < -0.39 is 28.5 Å². The minimum atomic E-state index is -4.13. The van der Waals surface area contributed by atoms with Crippen LogP contribution in [0.25, 0.3) is 0 Å². The second kappa shape index (κ2) is 14.3. The van der Waals surface area contributed by atoms with Crippen LogP contribution in [0.2, 0.25) is 5.02 Å². The molecule has 7 nitrogen and oxygen atoms in total. The molecule has 0 saturated carbocycles. The third-order valence-electron chi connectivity index (χ3n) is 6.69. The van der Waals surface area contributed by atoms with Crippen LogP contribution in [0.5, 0.6) is 0 Å². The van der Waals surface area contributed by atoms with E-state index in [1.807, 2.05) is 52.0 Å². The lowest BCUT2D eigenvalue weighted by Crippen LogP contribution is -2.52. The average Bonchev–Trinajstić information content (AvgIpc) is 2.93. The summed E-state index contributed by atoms with van der Waals surface area (Å²) in [5.41, 5.74) is 3.23.